The van der Waals surface area contributed by atoms with Gasteiger partial charge in [-0.2, -0.15) is 5.10 Å². The number of amides is 1. The maximum absolute atomic E-state index is 11.9. The lowest BCUT2D eigenvalue weighted by Crippen LogP contribution is -2.20. The van der Waals surface area contributed by atoms with Gasteiger partial charge in [-0.15, -0.1) is 0 Å². The number of hydrazone groups is 1. The monoisotopic (exact) mass is 265 g/mol. The molecule has 3 rings (SSSR count). The van der Waals surface area contributed by atoms with Gasteiger partial charge in [0, 0.05) is 18.3 Å². The first-order valence-corrected chi connectivity index (χ1v) is 6.62. The van der Waals surface area contributed by atoms with Crippen molar-refractivity contribution >= 4 is 12.1 Å². The molecule has 0 saturated heterocycles. The fourth-order valence-electron chi connectivity index (χ4n) is 2.26. The van der Waals surface area contributed by atoms with Crippen molar-refractivity contribution in [1.29, 1.82) is 0 Å². The third-order valence-electron chi connectivity index (χ3n) is 3.45. The van der Waals surface area contributed by atoms with Gasteiger partial charge >= 0.3 is 0 Å². The fraction of sp³-hybridized carbons (Fsp3) is 0.188. The number of aromatic nitrogens is 1. The molecule has 1 aromatic carbocycles. The number of rotatable bonds is 4. The van der Waals surface area contributed by atoms with Crippen molar-refractivity contribution < 1.29 is 4.79 Å². The lowest BCUT2D eigenvalue weighted by molar-refractivity contribution is -0.122. The Kier molecular flexibility index (Phi) is 3.54. The van der Waals surface area contributed by atoms with Crippen molar-refractivity contribution in [3.63, 3.8) is 0 Å². The number of hydrogen-bond acceptors (Lipinski definition) is 3. The molecule has 1 amide bonds. The normalized spacial score (nSPS) is 20.8. The first kappa shape index (κ1) is 12.5. The summed E-state index contributed by atoms with van der Waals surface area (Å²) in [5.74, 6) is 0.378. The highest BCUT2D eigenvalue weighted by Gasteiger charge is 2.43. The number of nitrogens with one attached hydrogen (secondary N) is 1. The highest BCUT2D eigenvalue weighted by atomic mass is 16.2. The molecule has 1 aliphatic carbocycles. The highest BCUT2D eigenvalue weighted by molar-refractivity contribution is 5.85. The molecule has 2 unspecified atom stereocenters. The van der Waals surface area contributed by atoms with E-state index in [-0.39, 0.29) is 11.8 Å². The third-order valence-corrected chi connectivity index (χ3v) is 3.45. The molecule has 1 aromatic heterocycles. The molecule has 0 bridgehead atoms. The molecule has 1 N–H and O–H groups in total. The number of pyridine rings is 1. The van der Waals surface area contributed by atoms with Gasteiger partial charge in [0.2, 0.25) is 5.91 Å². The molecule has 4 heteroatoms. The molecule has 0 aliphatic heterocycles. The van der Waals surface area contributed by atoms with Gasteiger partial charge in [-0.25, -0.2) is 5.43 Å². The van der Waals surface area contributed by atoms with Gasteiger partial charge in [0.25, 0.3) is 0 Å². The topological polar surface area (TPSA) is 54.4 Å². The molecular weight excluding hydrogens is 250 g/mol. The maximum atomic E-state index is 11.9. The van der Waals surface area contributed by atoms with Crippen LogP contribution in [0.3, 0.4) is 0 Å². The molecule has 2 aromatic rings. The van der Waals surface area contributed by atoms with Crippen LogP contribution in [-0.4, -0.2) is 17.1 Å². The molecule has 20 heavy (non-hydrogen) atoms. The summed E-state index contributed by atoms with van der Waals surface area (Å²) in [5.41, 5.74) is 4.74. The Morgan fingerprint density at radius 2 is 1.95 bits per heavy atom. The Labute approximate surface area is 117 Å². The van der Waals surface area contributed by atoms with Gasteiger partial charge in [0.15, 0.2) is 0 Å². The van der Waals surface area contributed by atoms with Crippen molar-refractivity contribution in [1.82, 2.24) is 10.4 Å². The Balaban J connectivity index is 1.53. The molecule has 1 fully saturated rings. The quantitative estimate of drug-likeness (QED) is 0.681. The lowest BCUT2D eigenvalue weighted by Gasteiger charge is -1.99. The minimum absolute atomic E-state index is 0.0100. The molecule has 2 atom stereocenters. The summed E-state index contributed by atoms with van der Waals surface area (Å²) < 4.78 is 0. The third kappa shape index (κ3) is 2.91. The van der Waals surface area contributed by atoms with Crippen LogP contribution in [0, 0.1) is 5.92 Å². The number of carbonyl (C=O) groups is 1. The van der Waals surface area contributed by atoms with Crippen molar-refractivity contribution in [3.05, 3.63) is 66.0 Å². The second kappa shape index (κ2) is 5.65. The molecule has 1 aliphatic rings. The number of hydrogen-bond donors (Lipinski definition) is 1. The van der Waals surface area contributed by atoms with Crippen molar-refractivity contribution in [3.8, 4) is 0 Å². The van der Waals surface area contributed by atoms with Crippen molar-refractivity contribution in [2.75, 3.05) is 0 Å². The molecular formula is C16H15N3O. The van der Waals surface area contributed by atoms with Crippen LogP contribution < -0.4 is 5.43 Å². The summed E-state index contributed by atoms with van der Waals surface area (Å²) in [7, 11) is 0. The van der Waals surface area contributed by atoms with E-state index in [1.165, 1.54) is 5.56 Å². The Morgan fingerprint density at radius 1 is 1.20 bits per heavy atom. The van der Waals surface area contributed by atoms with E-state index >= 15 is 0 Å². The summed E-state index contributed by atoms with van der Waals surface area (Å²) in [4.78, 5) is 15.9. The lowest BCUT2D eigenvalue weighted by atomic mass is 10.1. The molecule has 1 saturated carbocycles. The van der Waals surface area contributed by atoms with Crippen LogP contribution in [0.4, 0.5) is 0 Å². The van der Waals surface area contributed by atoms with E-state index in [2.05, 4.69) is 27.6 Å². The fourth-order valence-corrected chi connectivity index (χ4v) is 2.26. The van der Waals surface area contributed by atoms with E-state index in [4.69, 9.17) is 0 Å². The van der Waals surface area contributed by atoms with E-state index < -0.39 is 0 Å². The summed E-state index contributed by atoms with van der Waals surface area (Å²) in [6.07, 6.45) is 5.91. The summed E-state index contributed by atoms with van der Waals surface area (Å²) >= 11 is 0. The zero-order valence-electron chi connectivity index (χ0n) is 10.9. The minimum atomic E-state index is -0.0100. The van der Waals surface area contributed by atoms with Gasteiger partial charge in [0.1, 0.15) is 0 Å². The van der Waals surface area contributed by atoms with Crippen LogP contribution in [0.5, 0.6) is 0 Å². The smallest absolute Gasteiger partial charge is 0.243 e. The van der Waals surface area contributed by atoms with E-state index in [9.17, 15) is 4.79 Å². The average molecular weight is 265 g/mol. The predicted molar refractivity (Wildman–Crippen MR) is 77.3 cm³/mol. The molecule has 100 valence electrons. The first-order chi connectivity index (χ1) is 9.84. The van der Waals surface area contributed by atoms with Crippen LogP contribution in [0.2, 0.25) is 0 Å². The second-order valence-corrected chi connectivity index (χ2v) is 4.87. The summed E-state index contributed by atoms with van der Waals surface area (Å²) in [6.45, 7) is 0. The zero-order valence-corrected chi connectivity index (χ0v) is 10.9. The Bertz CT molecular complexity index is 610. The summed E-state index contributed by atoms with van der Waals surface area (Å²) in [5, 5.41) is 3.98. The molecule has 1 heterocycles. The SMILES string of the molecule is O=C(NN=Cc1ccncc1)C1CC1c1ccccc1. The molecule has 0 spiro atoms. The van der Waals surface area contributed by atoms with Crippen molar-refractivity contribution in [2.45, 2.75) is 12.3 Å². The second-order valence-electron chi connectivity index (χ2n) is 4.87. The largest absolute Gasteiger partial charge is 0.273 e. The zero-order chi connectivity index (χ0) is 13.8. The van der Waals surface area contributed by atoms with Gasteiger partial charge in [-0.1, -0.05) is 30.3 Å². The number of nitrogens with zero attached hydrogens (tertiary/aromatic N) is 2. The van der Waals surface area contributed by atoms with Crippen LogP contribution in [-0.2, 0) is 4.79 Å². The van der Waals surface area contributed by atoms with E-state index in [0.717, 1.165) is 12.0 Å². The van der Waals surface area contributed by atoms with E-state index in [1.54, 1.807) is 18.6 Å². The highest BCUT2D eigenvalue weighted by Crippen LogP contribution is 2.47. The standard InChI is InChI=1S/C16H15N3O/c20-16(19-18-11-12-6-8-17-9-7-12)15-10-14(15)13-4-2-1-3-5-13/h1-9,11,14-15H,10H2,(H,19,20). The maximum Gasteiger partial charge on any atom is 0.243 e. The van der Waals surface area contributed by atoms with Crippen LogP contribution in [0.25, 0.3) is 0 Å². The van der Waals surface area contributed by atoms with E-state index in [0.29, 0.717) is 5.92 Å². The molecule has 0 radical (unpaired) electrons. The minimum Gasteiger partial charge on any atom is -0.273 e. The van der Waals surface area contributed by atoms with Crippen LogP contribution in [0.15, 0.2) is 60.0 Å². The average Bonchev–Trinajstić information content (AvgIpc) is 3.30. The van der Waals surface area contributed by atoms with Crippen LogP contribution in [0.1, 0.15) is 23.5 Å². The first-order valence-electron chi connectivity index (χ1n) is 6.62. The number of benzene rings is 1. The summed E-state index contributed by atoms with van der Waals surface area (Å²) in [6, 6.07) is 13.8. The Hall–Kier alpha value is -2.49. The van der Waals surface area contributed by atoms with Crippen molar-refractivity contribution in [2.24, 2.45) is 11.0 Å². The van der Waals surface area contributed by atoms with E-state index in [1.807, 2.05) is 30.3 Å². The number of carbonyl (C=O) groups excluding carboxylic acids is 1. The molecule has 4 nitrogen and oxygen atoms in total. The van der Waals surface area contributed by atoms with Gasteiger partial charge < -0.3 is 0 Å². The van der Waals surface area contributed by atoms with Gasteiger partial charge in [-0.05, 0) is 35.6 Å². The Morgan fingerprint density at radius 3 is 2.70 bits per heavy atom. The predicted octanol–water partition coefficient (Wildman–Crippen LogP) is 2.34. The van der Waals surface area contributed by atoms with Gasteiger partial charge in [0.05, 0.1) is 6.21 Å². The van der Waals surface area contributed by atoms with Gasteiger partial charge in [-0.3, -0.25) is 9.78 Å². The van der Waals surface area contributed by atoms with Crippen LogP contribution >= 0.6 is 0 Å².